The van der Waals surface area contributed by atoms with Crippen LogP contribution in [0.1, 0.15) is 11.8 Å². The lowest BCUT2D eigenvalue weighted by atomic mass is 10.3. The highest BCUT2D eigenvalue weighted by atomic mass is 32.2. The van der Waals surface area contributed by atoms with Gasteiger partial charge in [-0.2, -0.15) is 0 Å². The quantitative estimate of drug-likeness (QED) is 0.674. The number of amides is 1. The first-order chi connectivity index (χ1) is 13.3. The molecule has 148 valence electrons. The van der Waals surface area contributed by atoms with Crippen LogP contribution in [0.4, 0.5) is 5.69 Å². The maximum absolute atomic E-state index is 13.0. The van der Waals surface area contributed by atoms with E-state index in [1.165, 1.54) is 60.3 Å². The zero-order valence-corrected chi connectivity index (χ0v) is 18.2. The fraction of sp³-hybridized carbons (Fsp3) is 0.263. The Kier molecular flexibility index (Phi) is 6.39. The number of carbonyl (C=O) groups is 1. The number of hydrogen-bond donors (Lipinski definition) is 0. The van der Waals surface area contributed by atoms with E-state index in [2.05, 4.69) is 4.99 Å². The first-order valence-corrected chi connectivity index (χ1v) is 11.8. The molecule has 0 saturated heterocycles. The van der Waals surface area contributed by atoms with Crippen LogP contribution in [0.15, 0.2) is 57.7 Å². The summed E-state index contributed by atoms with van der Waals surface area (Å²) in [6.07, 6.45) is 3.25. The molecule has 0 bridgehead atoms. The molecule has 1 aliphatic heterocycles. The number of benzene rings is 1. The van der Waals surface area contributed by atoms with Crippen LogP contribution in [-0.4, -0.2) is 49.7 Å². The summed E-state index contributed by atoms with van der Waals surface area (Å²) in [7, 11) is -0.649. The summed E-state index contributed by atoms with van der Waals surface area (Å²) < 4.78 is 26.2. The molecular weight excluding hydrogens is 414 g/mol. The first kappa shape index (κ1) is 20.8. The van der Waals surface area contributed by atoms with Crippen molar-refractivity contribution in [1.82, 2.24) is 4.31 Å². The molecule has 1 amide bonds. The van der Waals surface area contributed by atoms with Crippen molar-refractivity contribution in [2.45, 2.75) is 17.1 Å². The maximum Gasteiger partial charge on any atom is 0.257 e. The van der Waals surface area contributed by atoms with Gasteiger partial charge in [-0.1, -0.05) is 30.8 Å². The van der Waals surface area contributed by atoms with E-state index in [-0.39, 0.29) is 16.1 Å². The number of nitrogens with zero attached hydrogens (tertiary/aromatic N) is 3. The lowest BCUT2D eigenvalue weighted by molar-refractivity contribution is -0.113. The molecule has 1 aromatic carbocycles. The van der Waals surface area contributed by atoms with Crippen molar-refractivity contribution < 1.29 is 13.2 Å². The van der Waals surface area contributed by atoms with E-state index in [1.807, 2.05) is 24.4 Å². The van der Waals surface area contributed by atoms with Crippen molar-refractivity contribution >= 4 is 56.0 Å². The zero-order valence-electron chi connectivity index (χ0n) is 15.8. The Hall–Kier alpha value is -1.94. The molecule has 1 unspecified atom stereocenters. The Morgan fingerprint density at radius 1 is 1.25 bits per heavy atom. The molecule has 0 saturated carbocycles. The number of sulfonamides is 1. The number of amidine groups is 1. The average molecular weight is 436 g/mol. The van der Waals surface area contributed by atoms with Gasteiger partial charge in [0.1, 0.15) is 0 Å². The predicted molar refractivity (Wildman–Crippen MR) is 118 cm³/mol. The SMILES string of the molecule is CC1CN=C(N(C(=O)C=Cc2cccs2)c2cccc(S(=O)(=O)N(C)C)c2)S1. The minimum absolute atomic E-state index is 0.131. The molecule has 1 atom stereocenters. The number of anilines is 1. The van der Waals surface area contributed by atoms with Gasteiger partial charge in [0.2, 0.25) is 10.0 Å². The van der Waals surface area contributed by atoms with E-state index >= 15 is 0 Å². The third kappa shape index (κ3) is 4.54. The lowest BCUT2D eigenvalue weighted by Crippen LogP contribution is -2.33. The highest BCUT2D eigenvalue weighted by Crippen LogP contribution is 2.29. The topological polar surface area (TPSA) is 70.0 Å². The summed E-state index contributed by atoms with van der Waals surface area (Å²) in [6.45, 7) is 2.66. The largest absolute Gasteiger partial charge is 0.269 e. The van der Waals surface area contributed by atoms with Gasteiger partial charge >= 0.3 is 0 Å². The molecule has 9 heteroatoms. The summed E-state index contributed by atoms with van der Waals surface area (Å²) in [5.74, 6) is -0.270. The van der Waals surface area contributed by atoms with Crippen LogP contribution in [0.3, 0.4) is 0 Å². The average Bonchev–Trinajstić information content (AvgIpc) is 3.32. The molecule has 2 heterocycles. The van der Waals surface area contributed by atoms with Crippen molar-refractivity contribution in [3.63, 3.8) is 0 Å². The number of hydrogen-bond acceptors (Lipinski definition) is 6. The number of rotatable bonds is 5. The van der Waals surface area contributed by atoms with Gasteiger partial charge in [0.05, 0.1) is 17.1 Å². The molecule has 0 radical (unpaired) electrons. The minimum atomic E-state index is -3.61. The van der Waals surface area contributed by atoms with E-state index in [0.29, 0.717) is 17.4 Å². The molecule has 1 aromatic heterocycles. The Morgan fingerprint density at radius 2 is 2.04 bits per heavy atom. The Morgan fingerprint density at radius 3 is 2.64 bits per heavy atom. The van der Waals surface area contributed by atoms with Crippen LogP contribution in [-0.2, 0) is 14.8 Å². The van der Waals surface area contributed by atoms with Gasteiger partial charge in [-0.05, 0) is 35.7 Å². The Labute approximate surface area is 173 Å². The molecule has 0 aliphatic carbocycles. The molecule has 0 fully saturated rings. The van der Waals surface area contributed by atoms with Crippen molar-refractivity contribution in [3.05, 3.63) is 52.7 Å². The van der Waals surface area contributed by atoms with E-state index in [0.717, 1.165) is 9.18 Å². The van der Waals surface area contributed by atoms with E-state index in [1.54, 1.807) is 18.2 Å². The Balaban J connectivity index is 1.99. The number of thiophene rings is 1. The lowest BCUT2D eigenvalue weighted by Gasteiger charge is -2.22. The summed E-state index contributed by atoms with van der Waals surface area (Å²) in [4.78, 5) is 20.1. The number of thioether (sulfide) groups is 1. The van der Waals surface area contributed by atoms with Gasteiger partial charge in [0, 0.05) is 30.3 Å². The second kappa shape index (κ2) is 8.60. The summed E-state index contributed by atoms with van der Waals surface area (Å²) in [5.41, 5.74) is 0.476. The second-order valence-electron chi connectivity index (χ2n) is 6.36. The first-order valence-electron chi connectivity index (χ1n) is 8.58. The van der Waals surface area contributed by atoms with Crippen LogP contribution in [0.25, 0.3) is 6.08 Å². The minimum Gasteiger partial charge on any atom is -0.269 e. The van der Waals surface area contributed by atoms with Gasteiger partial charge in [0.15, 0.2) is 5.17 Å². The number of aliphatic imine (C=N–C) groups is 1. The van der Waals surface area contributed by atoms with Crippen LogP contribution < -0.4 is 4.90 Å². The normalized spacial score (nSPS) is 17.3. The van der Waals surface area contributed by atoms with Crippen LogP contribution in [0, 0.1) is 0 Å². The van der Waals surface area contributed by atoms with Gasteiger partial charge < -0.3 is 0 Å². The van der Waals surface area contributed by atoms with Crippen LogP contribution >= 0.6 is 23.1 Å². The van der Waals surface area contributed by atoms with Crippen LogP contribution in [0.2, 0.25) is 0 Å². The third-order valence-corrected chi connectivity index (χ3v) is 7.71. The second-order valence-corrected chi connectivity index (χ2v) is 10.9. The van der Waals surface area contributed by atoms with Crippen molar-refractivity contribution in [1.29, 1.82) is 0 Å². The highest BCUT2D eigenvalue weighted by molar-refractivity contribution is 8.15. The van der Waals surface area contributed by atoms with E-state index in [9.17, 15) is 13.2 Å². The molecule has 1 aliphatic rings. The molecule has 3 rings (SSSR count). The molecule has 0 spiro atoms. The molecule has 28 heavy (non-hydrogen) atoms. The smallest absolute Gasteiger partial charge is 0.257 e. The van der Waals surface area contributed by atoms with Gasteiger partial charge in [-0.15, -0.1) is 11.3 Å². The Bertz CT molecular complexity index is 1010. The molecular formula is C19H21N3O3S3. The van der Waals surface area contributed by atoms with Gasteiger partial charge in [-0.25, -0.2) is 12.7 Å². The molecule has 6 nitrogen and oxygen atoms in total. The van der Waals surface area contributed by atoms with Crippen LogP contribution in [0.5, 0.6) is 0 Å². The fourth-order valence-corrected chi connectivity index (χ4v) is 5.04. The standard InChI is InChI=1S/C19H21N3O3S3/c1-14-13-20-19(27-14)22(18(23)10-9-16-7-5-11-26-16)15-6-4-8-17(12-15)28(24,25)21(2)3/h4-12,14H,13H2,1-3H3. The van der Waals surface area contributed by atoms with Crippen molar-refractivity contribution in [3.8, 4) is 0 Å². The zero-order chi connectivity index (χ0) is 20.3. The third-order valence-electron chi connectivity index (χ3n) is 3.99. The number of carbonyl (C=O) groups excluding carboxylic acids is 1. The van der Waals surface area contributed by atoms with E-state index < -0.39 is 10.0 Å². The monoisotopic (exact) mass is 435 g/mol. The van der Waals surface area contributed by atoms with Crippen molar-refractivity contribution in [2.75, 3.05) is 25.5 Å². The van der Waals surface area contributed by atoms with Gasteiger partial charge in [-0.3, -0.25) is 14.7 Å². The van der Waals surface area contributed by atoms with Gasteiger partial charge in [0.25, 0.3) is 5.91 Å². The van der Waals surface area contributed by atoms with E-state index in [4.69, 9.17) is 0 Å². The molecule has 2 aromatic rings. The summed E-state index contributed by atoms with van der Waals surface area (Å²) >= 11 is 3.04. The fourth-order valence-electron chi connectivity index (χ4n) is 2.52. The predicted octanol–water partition coefficient (Wildman–Crippen LogP) is 3.54. The summed E-state index contributed by atoms with van der Waals surface area (Å²) in [5, 5.41) is 2.78. The highest BCUT2D eigenvalue weighted by Gasteiger charge is 2.27. The molecule has 0 N–H and O–H groups in total. The summed E-state index contributed by atoms with van der Waals surface area (Å²) in [6, 6.07) is 10.2. The maximum atomic E-state index is 13.0. The van der Waals surface area contributed by atoms with Crippen molar-refractivity contribution in [2.24, 2.45) is 4.99 Å².